The minimum atomic E-state index is 0.968. The maximum Gasteiger partial charge on any atom is 0.192 e. The third-order valence-electron chi connectivity index (χ3n) is 1.34. The van der Waals surface area contributed by atoms with Gasteiger partial charge < -0.3 is 4.98 Å². The highest BCUT2D eigenvalue weighted by Crippen LogP contribution is 1.78. The lowest BCUT2D eigenvalue weighted by atomic mass is 10.8. The minimum absolute atomic E-state index is 0.968. The van der Waals surface area contributed by atoms with Gasteiger partial charge in [0.2, 0.25) is 0 Å². The van der Waals surface area contributed by atoms with Crippen LogP contribution in [0.1, 0.15) is 5.82 Å². The predicted octanol–water partition coefficient (Wildman–Crippen LogP) is -0.268. The van der Waals surface area contributed by atoms with Gasteiger partial charge in [0, 0.05) is 12.4 Å². The first-order valence-electron chi connectivity index (χ1n) is 3.78. The Morgan fingerprint density at radius 1 is 1.50 bits per heavy atom. The Labute approximate surface area is 71.7 Å². The van der Waals surface area contributed by atoms with Gasteiger partial charge in [-0.1, -0.05) is 0 Å². The summed E-state index contributed by atoms with van der Waals surface area (Å²) in [4.78, 5) is 11.8. The summed E-state index contributed by atoms with van der Waals surface area (Å²) in [7, 11) is 2.02. The van der Waals surface area contributed by atoms with Gasteiger partial charge in [-0.3, -0.25) is 4.90 Å². The van der Waals surface area contributed by atoms with E-state index in [1.54, 1.807) is 18.6 Å². The second-order valence-corrected chi connectivity index (χ2v) is 2.51. The number of imidazole rings is 1. The highest BCUT2D eigenvalue weighted by atomic mass is 15.1. The second-order valence-electron chi connectivity index (χ2n) is 2.51. The van der Waals surface area contributed by atoms with Gasteiger partial charge in [0.05, 0.1) is 13.2 Å². The molecular formula is C8H13N4+. The van der Waals surface area contributed by atoms with Gasteiger partial charge in [-0.15, -0.1) is 0 Å². The SMILES string of the molecule is C[NH+]1C=CN=C1.Cc1ncc[nH]1. The molecule has 0 saturated heterocycles. The Bertz CT molecular complexity index is 249. The molecule has 4 nitrogen and oxygen atoms in total. The summed E-state index contributed by atoms with van der Waals surface area (Å²) in [6.07, 6.45) is 9.12. The number of nitrogens with one attached hydrogen (secondary N) is 2. The van der Waals surface area contributed by atoms with Crippen LogP contribution in [0.3, 0.4) is 0 Å². The largest absolute Gasteiger partial charge is 0.349 e. The van der Waals surface area contributed by atoms with Gasteiger partial charge in [-0.05, 0) is 6.92 Å². The van der Waals surface area contributed by atoms with Crippen molar-refractivity contribution >= 4 is 6.34 Å². The van der Waals surface area contributed by atoms with E-state index in [0.717, 1.165) is 5.82 Å². The van der Waals surface area contributed by atoms with Crippen LogP contribution in [-0.2, 0) is 0 Å². The molecule has 12 heavy (non-hydrogen) atoms. The van der Waals surface area contributed by atoms with Crippen molar-refractivity contribution in [2.24, 2.45) is 4.99 Å². The number of rotatable bonds is 0. The van der Waals surface area contributed by atoms with Gasteiger partial charge in [0.25, 0.3) is 0 Å². The minimum Gasteiger partial charge on any atom is -0.349 e. The first kappa shape index (κ1) is 8.67. The van der Waals surface area contributed by atoms with Crippen LogP contribution in [0.15, 0.2) is 29.8 Å². The number of hydrogen-bond acceptors (Lipinski definition) is 2. The molecule has 0 amide bonds. The topological polar surface area (TPSA) is 45.5 Å². The van der Waals surface area contributed by atoms with Gasteiger partial charge in [-0.25, -0.2) is 9.98 Å². The molecule has 1 aromatic heterocycles. The summed E-state index contributed by atoms with van der Waals surface area (Å²) >= 11 is 0. The predicted molar refractivity (Wildman–Crippen MR) is 47.8 cm³/mol. The van der Waals surface area contributed by atoms with Crippen molar-refractivity contribution in [1.82, 2.24) is 9.97 Å². The van der Waals surface area contributed by atoms with Gasteiger partial charge in [0.1, 0.15) is 12.0 Å². The van der Waals surface area contributed by atoms with Crippen molar-refractivity contribution in [1.29, 1.82) is 0 Å². The number of aromatic amines is 1. The summed E-state index contributed by atoms with van der Waals surface area (Å²) in [6.45, 7) is 1.92. The lowest BCUT2D eigenvalue weighted by molar-refractivity contribution is -0.709. The average molecular weight is 165 g/mol. The summed E-state index contributed by atoms with van der Waals surface area (Å²) in [5.74, 6) is 0.968. The zero-order valence-corrected chi connectivity index (χ0v) is 7.28. The van der Waals surface area contributed by atoms with Crippen LogP contribution in [-0.4, -0.2) is 23.4 Å². The van der Waals surface area contributed by atoms with Crippen LogP contribution < -0.4 is 4.90 Å². The van der Waals surface area contributed by atoms with Crippen molar-refractivity contribution in [3.05, 3.63) is 30.6 Å². The van der Waals surface area contributed by atoms with Gasteiger partial charge in [0.15, 0.2) is 6.34 Å². The number of quaternary nitrogens is 1. The smallest absolute Gasteiger partial charge is 0.192 e. The Morgan fingerprint density at radius 3 is 2.50 bits per heavy atom. The van der Waals surface area contributed by atoms with Crippen molar-refractivity contribution in [3.63, 3.8) is 0 Å². The molecule has 0 radical (unpaired) electrons. The van der Waals surface area contributed by atoms with E-state index in [0.29, 0.717) is 0 Å². The number of aromatic nitrogens is 2. The first-order chi connectivity index (χ1) is 5.79. The van der Waals surface area contributed by atoms with Gasteiger partial charge >= 0.3 is 0 Å². The van der Waals surface area contributed by atoms with Crippen molar-refractivity contribution in [2.45, 2.75) is 6.92 Å². The zero-order chi connectivity index (χ0) is 8.81. The molecule has 2 rings (SSSR count). The Kier molecular flexibility index (Phi) is 3.22. The number of aliphatic imine (C=N–C) groups is 1. The van der Waals surface area contributed by atoms with E-state index in [1.165, 1.54) is 4.90 Å². The number of hydrogen-bond donors (Lipinski definition) is 2. The van der Waals surface area contributed by atoms with Crippen LogP contribution in [0.2, 0.25) is 0 Å². The highest BCUT2D eigenvalue weighted by Gasteiger charge is 1.91. The lowest BCUT2D eigenvalue weighted by Crippen LogP contribution is -3.01. The number of H-pyrrole nitrogens is 1. The molecule has 0 spiro atoms. The van der Waals surface area contributed by atoms with Crippen LogP contribution in [0, 0.1) is 6.92 Å². The summed E-state index contributed by atoms with van der Waals surface area (Å²) in [5, 5.41) is 0. The molecule has 1 aromatic rings. The normalized spacial score (nSPS) is 19.0. The number of nitrogens with zero attached hydrogens (tertiary/aromatic N) is 2. The molecule has 1 atom stereocenters. The Balaban J connectivity index is 0.000000120. The van der Waals surface area contributed by atoms with E-state index >= 15 is 0 Å². The third-order valence-corrected chi connectivity index (χ3v) is 1.34. The molecule has 0 saturated carbocycles. The second kappa shape index (κ2) is 4.46. The summed E-state index contributed by atoms with van der Waals surface area (Å²) in [5.41, 5.74) is 0. The van der Waals surface area contributed by atoms with E-state index in [4.69, 9.17) is 0 Å². The first-order valence-corrected chi connectivity index (χ1v) is 3.78. The van der Waals surface area contributed by atoms with Crippen molar-refractivity contribution in [3.8, 4) is 0 Å². The molecule has 0 bridgehead atoms. The fraction of sp³-hybridized carbons (Fsp3) is 0.250. The maximum absolute atomic E-state index is 3.86. The Morgan fingerprint density at radius 2 is 2.33 bits per heavy atom. The molecule has 2 heterocycles. The summed E-state index contributed by atoms with van der Waals surface area (Å²) in [6, 6.07) is 0. The average Bonchev–Trinajstić information content (AvgIpc) is 2.63. The van der Waals surface area contributed by atoms with Crippen molar-refractivity contribution < 1.29 is 4.90 Å². The quantitative estimate of drug-likeness (QED) is 0.546. The molecule has 0 aromatic carbocycles. The van der Waals surface area contributed by atoms with E-state index in [-0.39, 0.29) is 0 Å². The molecule has 2 N–H and O–H groups in total. The Hall–Kier alpha value is -1.42. The monoisotopic (exact) mass is 165 g/mol. The molecule has 0 aliphatic carbocycles. The molecule has 64 valence electrons. The van der Waals surface area contributed by atoms with Crippen LogP contribution in [0.4, 0.5) is 0 Å². The van der Waals surface area contributed by atoms with Crippen LogP contribution in [0.5, 0.6) is 0 Å². The fourth-order valence-electron chi connectivity index (χ4n) is 0.708. The van der Waals surface area contributed by atoms with E-state index in [1.807, 2.05) is 26.5 Å². The lowest BCUT2D eigenvalue weighted by Gasteiger charge is -1.87. The van der Waals surface area contributed by atoms with Gasteiger partial charge in [-0.2, -0.15) is 0 Å². The maximum atomic E-state index is 3.86. The van der Waals surface area contributed by atoms with Crippen LogP contribution in [0.25, 0.3) is 0 Å². The standard InChI is InChI=1S/2C4H6N2/c1-6-3-2-5-4-6;1-4-5-2-3-6-4/h2-4H,1H3;2-3H,1H3,(H,5,6)/p+1. The van der Waals surface area contributed by atoms with Crippen LogP contribution >= 0.6 is 0 Å². The fourth-order valence-corrected chi connectivity index (χ4v) is 0.708. The van der Waals surface area contributed by atoms with E-state index in [2.05, 4.69) is 15.0 Å². The van der Waals surface area contributed by atoms with E-state index in [9.17, 15) is 0 Å². The summed E-state index contributed by atoms with van der Waals surface area (Å²) < 4.78 is 0. The molecule has 1 aliphatic heterocycles. The molecule has 0 fully saturated rings. The zero-order valence-electron chi connectivity index (χ0n) is 7.28. The molecule has 1 unspecified atom stereocenters. The van der Waals surface area contributed by atoms with E-state index < -0.39 is 0 Å². The van der Waals surface area contributed by atoms with Crippen molar-refractivity contribution in [2.75, 3.05) is 7.05 Å². The highest BCUT2D eigenvalue weighted by molar-refractivity contribution is 5.46. The molecular weight excluding hydrogens is 152 g/mol. The molecule has 1 aliphatic rings. The third kappa shape index (κ3) is 3.12. The molecule has 4 heteroatoms. The number of aryl methyl sites for hydroxylation is 1.